The Bertz CT molecular complexity index is 863. The number of halogens is 2. The number of amides is 1. The third kappa shape index (κ3) is 4.38. The monoisotopic (exact) mass is 383 g/mol. The van der Waals surface area contributed by atoms with E-state index < -0.39 is 21.6 Å². The Labute approximate surface area is 152 Å². The molecule has 4 nitrogen and oxygen atoms in total. The van der Waals surface area contributed by atoms with E-state index in [1.165, 1.54) is 42.3 Å². The van der Waals surface area contributed by atoms with Gasteiger partial charge in [0.25, 0.3) is 5.91 Å². The Kier molecular flexibility index (Phi) is 6.19. The van der Waals surface area contributed by atoms with E-state index in [0.29, 0.717) is 6.42 Å². The molecule has 0 saturated heterocycles. The van der Waals surface area contributed by atoms with E-state index in [9.17, 15) is 17.6 Å². The molecular weight excluding hydrogens is 365 g/mol. The van der Waals surface area contributed by atoms with Gasteiger partial charge in [0, 0.05) is 24.2 Å². The molecule has 0 heterocycles. The van der Waals surface area contributed by atoms with Crippen LogP contribution >= 0.6 is 11.6 Å². The van der Waals surface area contributed by atoms with Crippen molar-refractivity contribution in [1.82, 2.24) is 4.90 Å². The van der Waals surface area contributed by atoms with E-state index >= 15 is 0 Å². The lowest BCUT2D eigenvalue weighted by Gasteiger charge is -2.20. The third-order valence-corrected chi connectivity index (χ3v) is 6.05. The SMILES string of the molecule is CCCS(=O)(=O)c1ccccc1C(=O)N(C)Cc1c(F)cccc1Cl. The second-order valence-electron chi connectivity index (χ2n) is 5.68. The van der Waals surface area contributed by atoms with Gasteiger partial charge in [0.05, 0.1) is 16.2 Å². The molecule has 2 rings (SSSR count). The van der Waals surface area contributed by atoms with Crippen molar-refractivity contribution in [1.29, 1.82) is 0 Å². The second kappa shape index (κ2) is 7.97. The molecule has 2 aromatic rings. The number of hydrogen-bond acceptors (Lipinski definition) is 3. The van der Waals surface area contributed by atoms with E-state index in [2.05, 4.69) is 0 Å². The Balaban J connectivity index is 2.35. The highest BCUT2D eigenvalue weighted by Crippen LogP contribution is 2.23. The molecular formula is C18H19ClFNO3S. The number of benzene rings is 2. The molecule has 0 spiro atoms. The van der Waals surface area contributed by atoms with Crippen LogP contribution in [0.5, 0.6) is 0 Å². The van der Waals surface area contributed by atoms with Crippen LogP contribution in [0.25, 0.3) is 0 Å². The van der Waals surface area contributed by atoms with Crippen LogP contribution in [0.15, 0.2) is 47.4 Å². The van der Waals surface area contributed by atoms with Crippen LogP contribution in [0.3, 0.4) is 0 Å². The summed E-state index contributed by atoms with van der Waals surface area (Å²) in [4.78, 5) is 14.0. The molecule has 1 amide bonds. The van der Waals surface area contributed by atoms with E-state index in [4.69, 9.17) is 11.6 Å². The van der Waals surface area contributed by atoms with Crippen molar-refractivity contribution >= 4 is 27.3 Å². The van der Waals surface area contributed by atoms with Gasteiger partial charge in [-0.2, -0.15) is 0 Å². The number of nitrogens with zero attached hydrogens (tertiary/aromatic N) is 1. The number of carbonyl (C=O) groups is 1. The van der Waals surface area contributed by atoms with Crippen molar-refractivity contribution in [3.63, 3.8) is 0 Å². The molecule has 0 saturated carbocycles. The van der Waals surface area contributed by atoms with Gasteiger partial charge in [0.15, 0.2) is 9.84 Å². The largest absolute Gasteiger partial charge is 0.337 e. The summed E-state index contributed by atoms with van der Waals surface area (Å²) >= 11 is 6.00. The van der Waals surface area contributed by atoms with Crippen LogP contribution in [0.1, 0.15) is 29.3 Å². The minimum atomic E-state index is -3.56. The smallest absolute Gasteiger partial charge is 0.255 e. The standard InChI is InChI=1S/C18H19ClFNO3S/c1-3-11-25(23,24)17-10-5-4-7-13(17)18(22)21(2)12-14-15(19)8-6-9-16(14)20/h4-10H,3,11-12H2,1-2H3. The van der Waals surface area contributed by atoms with Crippen molar-refractivity contribution in [2.45, 2.75) is 24.8 Å². The molecule has 0 aliphatic rings. The van der Waals surface area contributed by atoms with Gasteiger partial charge in [-0.05, 0) is 30.7 Å². The van der Waals surface area contributed by atoms with E-state index in [-0.39, 0.29) is 33.3 Å². The summed E-state index contributed by atoms with van der Waals surface area (Å²) in [5.41, 5.74) is 0.264. The van der Waals surface area contributed by atoms with Gasteiger partial charge >= 0.3 is 0 Å². The van der Waals surface area contributed by atoms with Crippen molar-refractivity contribution < 1.29 is 17.6 Å². The van der Waals surface area contributed by atoms with E-state index in [1.54, 1.807) is 19.1 Å². The maximum atomic E-state index is 13.9. The molecule has 0 aromatic heterocycles. The molecule has 0 N–H and O–H groups in total. The molecule has 0 radical (unpaired) electrons. The summed E-state index contributed by atoms with van der Waals surface area (Å²) in [5, 5.41) is 0.214. The Morgan fingerprint density at radius 1 is 1.16 bits per heavy atom. The lowest BCUT2D eigenvalue weighted by Crippen LogP contribution is -2.28. The molecule has 134 valence electrons. The van der Waals surface area contributed by atoms with Crippen molar-refractivity contribution in [2.75, 3.05) is 12.8 Å². The number of rotatable bonds is 6. The van der Waals surface area contributed by atoms with Gasteiger partial charge in [-0.1, -0.05) is 36.7 Å². The molecule has 0 fully saturated rings. The summed E-state index contributed by atoms with van der Waals surface area (Å²) in [6, 6.07) is 10.3. The fourth-order valence-electron chi connectivity index (χ4n) is 2.49. The highest BCUT2D eigenvalue weighted by Gasteiger charge is 2.24. The van der Waals surface area contributed by atoms with Gasteiger partial charge in [0.2, 0.25) is 0 Å². The lowest BCUT2D eigenvalue weighted by molar-refractivity contribution is 0.0780. The molecule has 0 unspecified atom stereocenters. The number of sulfone groups is 1. The summed E-state index contributed by atoms with van der Waals surface area (Å²) in [5.74, 6) is -1.06. The minimum absolute atomic E-state index is 0.00618. The predicted molar refractivity (Wildman–Crippen MR) is 96.0 cm³/mol. The molecule has 25 heavy (non-hydrogen) atoms. The van der Waals surface area contributed by atoms with Gasteiger partial charge in [-0.3, -0.25) is 4.79 Å². The molecule has 0 aliphatic heterocycles. The number of carbonyl (C=O) groups excluding carboxylic acids is 1. The average Bonchev–Trinajstić information content (AvgIpc) is 2.57. The van der Waals surface area contributed by atoms with Gasteiger partial charge in [0.1, 0.15) is 5.82 Å². The maximum Gasteiger partial charge on any atom is 0.255 e. The van der Waals surface area contributed by atoms with Crippen LogP contribution < -0.4 is 0 Å². The first kappa shape index (κ1) is 19.4. The Morgan fingerprint density at radius 3 is 2.48 bits per heavy atom. The van der Waals surface area contributed by atoms with E-state index in [1.807, 2.05) is 0 Å². The summed E-state index contributed by atoms with van der Waals surface area (Å²) in [7, 11) is -2.08. The Hall–Kier alpha value is -1.92. The lowest BCUT2D eigenvalue weighted by atomic mass is 10.1. The molecule has 7 heteroatoms. The maximum absolute atomic E-state index is 13.9. The van der Waals surface area contributed by atoms with Crippen molar-refractivity contribution in [2.24, 2.45) is 0 Å². The molecule has 0 atom stereocenters. The highest BCUT2D eigenvalue weighted by molar-refractivity contribution is 7.91. The first-order valence-corrected chi connectivity index (χ1v) is 9.81. The average molecular weight is 384 g/mol. The van der Waals surface area contributed by atoms with Crippen LogP contribution in [-0.4, -0.2) is 32.0 Å². The van der Waals surface area contributed by atoms with Crippen LogP contribution in [0.2, 0.25) is 5.02 Å². The zero-order valence-corrected chi connectivity index (χ0v) is 15.6. The van der Waals surface area contributed by atoms with Gasteiger partial charge in [-0.15, -0.1) is 0 Å². The quantitative estimate of drug-likeness (QED) is 0.759. The number of hydrogen-bond donors (Lipinski definition) is 0. The summed E-state index contributed by atoms with van der Waals surface area (Å²) in [6.07, 6.45) is 0.450. The van der Waals surface area contributed by atoms with Gasteiger partial charge in [-0.25, -0.2) is 12.8 Å². The van der Waals surface area contributed by atoms with Crippen molar-refractivity contribution in [3.8, 4) is 0 Å². The normalized spacial score (nSPS) is 11.4. The zero-order valence-electron chi connectivity index (χ0n) is 14.0. The zero-order chi connectivity index (χ0) is 18.6. The molecule has 0 aliphatic carbocycles. The van der Waals surface area contributed by atoms with E-state index in [0.717, 1.165) is 0 Å². The highest BCUT2D eigenvalue weighted by atomic mass is 35.5. The fourth-order valence-corrected chi connectivity index (χ4v) is 4.25. The van der Waals surface area contributed by atoms with Crippen LogP contribution in [0.4, 0.5) is 4.39 Å². The molecule has 0 bridgehead atoms. The Morgan fingerprint density at radius 2 is 1.84 bits per heavy atom. The summed E-state index contributed by atoms with van der Waals surface area (Å²) in [6.45, 7) is 1.70. The first-order valence-electron chi connectivity index (χ1n) is 7.78. The van der Waals surface area contributed by atoms with Crippen LogP contribution in [0, 0.1) is 5.82 Å². The van der Waals surface area contributed by atoms with Crippen molar-refractivity contribution in [3.05, 3.63) is 64.4 Å². The van der Waals surface area contributed by atoms with Crippen LogP contribution in [-0.2, 0) is 16.4 Å². The minimum Gasteiger partial charge on any atom is -0.337 e. The summed E-state index contributed by atoms with van der Waals surface area (Å²) < 4.78 is 38.7. The second-order valence-corrected chi connectivity index (χ2v) is 8.16. The molecule has 2 aromatic carbocycles. The fraction of sp³-hybridized carbons (Fsp3) is 0.278. The first-order chi connectivity index (χ1) is 11.8. The van der Waals surface area contributed by atoms with Gasteiger partial charge < -0.3 is 4.90 Å². The predicted octanol–water partition coefficient (Wildman–Crippen LogP) is 3.94. The third-order valence-electron chi connectivity index (χ3n) is 3.73. The topological polar surface area (TPSA) is 54.5 Å².